The predicted octanol–water partition coefficient (Wildman–Crippen LogP) is 4.54. The molecule has 0 saturated carbocycles. The Morgan fingerprint density at radius 2 is 1.88 bits per heavy atom. The van der Waals surface area contributed by atoms with Crippen LogP contribution in [0, 0.1) is 6.92 Å². The molecule has 128 valence electrons. The molecule has 4 rings (SSSR count). The fourth-order valence-electron chi connectivity index (χ4n) is 3.23. The quantitative estimate of drug-likeness (QED) is 0.751. The number of halogens is 1. The minimum Gasteiger partial charge on any atom is -0.378 e. The van der Waals surface area contributed by atoms with Crippen LogP contribution in [0.25, 0.3) is 22.4 Å². The number of aromatic amines is 1. The summed E-state index contributed by atoms with van der Waals surface area (Å²) in [5.41, 5.74) is 6.52. The van der Waals surface area contributed by atoms with E-state index in [1.165, 1.54) is 5.69 Å². The maximum atomic E-state index is 6.21. The number of anilines is 1. The molecule has 0 atom stereocenters. The molecule has 0 spiro atoms. The van der Waals surface area contributed by atoms with Crippen LogP contribution in [0.15, 0.2) is 48.5 Å². The Hall–Kier alpha value is -2.30. The number of morpholine rings is 1. The second-order valence-electron chi connectivity index (χ2n) is 6.28. The van der Waals surface area contributed by atoms with Gasteiger partial charge in [0.15, 0.2) is 0 Å². The Bertz CT molecular complexity index is 884. The molecule has 1 aliphatic heterocycles. The summed E-state index contributed by atoms with van der Waals surface area (Å²) in [5.74, 6) is 0. The fourth-order valence-corrected chi connectivity index (χ4v) is 3.42. The Balaban J connectivity index is 1.83. The first kappa shape index (κ1) is 16.2. The first-order chi connectivity index (χ1) is 12.2. The maximum absolute atomic E-state index is 6.21. The van der Waals surface area contributed by atoms with Gasteiger partial charge in [0.2, 0.25) is 0 Å². The summed E-state index contributed by atoms with van der Waals surface area (Å²) >= 11 is 6.21. The van der Waals surface area contributed by atoms with E-state index in [0.29, 0.717) is 0 Å². The van der Waals surface area contributed by atoms with E-state index < -0.39 is 0 Å². The standard InChI is InChI=1S/C20H20ClN3O/c1-14-11-20(23-22-14)19-13-17(24-7-9-25-10-8-24)5-6-18(19)15-3-2-4-16(21)12-15/h2-6,11-13H,7-10H2,1H3,(H,22,23). The number of hydrogen-bond donors (Lipinski definition) is 1. The van der Waals surface area contributed by atoms with E-state index in [9.17, 15) is 0 Å². The number of ether oxygens (including phenoxy) is 1. The number of aromatic nitrogens is 2. The van der Waals surface area contributed by atoms with Crippen molar-refractivity contribution in [2.45, 2.75) is 6.92 Å². The van der Waals surface area contributed by atoms with E-state index in [1.807, 2.05) is 25.1 Å². The van der Waals surface area contributed by atoms with Gasteiger partial charge >= 0.3 is 0 Å². The van der Waals surface area contributed by atoms with Crippen LogP contribution in [-0.4, -0.2) is 36.5 Å². The minimum atomic E-state index is 0.735. The molecule has 0 radical (unpaired) electrons. The largest absolute Gasteiger partial charge is 0.378 e. The Kier molecular flexibility index (Phi) is 4.47. The van der Waals surface area contributed by atoms with Gasteiger partial charge in [-0.2, -0.15) is 5.10 Å². The van der Waals surface area contributed by atoms with Crippen LogP contribution in [0.3, 0.4) is 0 Å². The summed E-state index contributed by atoms with van der Waals surface area (Å²) in [6, 6.07) is 16.6. The molecule has 0 unspecified atom stereocenters. The zero-order valence-electron chi connectivity index (χ0n) is 14.1. The van der Waals surface area contributed by atoms with Crippen LogP contribution in [0.4, 0.5) is 5.69 Å². The average Bonchev–Trinajstić information content (AvgIpc) is 3.08. The zero-order valence-corrected chi connectivity index (χ0v) is 14.9. The van der Waals surface area contributed by atoms with Gasteiger partial charge in [-0.25, -0.2) is 0 Å². The van der Waals surface area contributed by atoms with Crippen molar-refractivity contribution in [2.75, 3.05) is 31.2 Å². The van der Waals surface area contributed by atoms with Crippen LogP contribution < -0.4 is 4.90 Å². The monoisotopic (exact) mass is 353 g/mol. The lowest BCUT2D eigenvalue weighted by Crippen LogP contribution is -2.36. The highest BCUT2D eigenvalue weighted by molar-refractivity contribution is 6.30. The number of nitrogens with one attached hydrogen (secondary N) is 1. The smallest absolute Gasteiger partial charge is 0.0930 e. The molecule has 3 aromatic rings. The molecule has 0 bridgehead atoms. The van der Waals surface area contributed by atoms with Crippen LogP contribution in [0.2, 0.25) is 5.02 Å². The van der Waals surface area contributed by atoms with Crippen molar-refractivity contribution in [1.29, 1.82) is 0 Å². The first-order valence-corrected chi connectivity index (χ1v) is 8.83. The molecule has 1 aliphatic rings. The van der Waals surface area contributed by atoms with Crippen LogP contribution in [0.1, 0.15) is 5.69 Å². The van der Waals surface area contributed by atoms with E-state index in [1.54, 1.807) is 0 Å². The molecule has 1 N–H and O–H groups in total. The molecule has 25 heavy (non-hydrogen) atoms. The zero-order chi connectivity index (χ0) is 17.2. The first-order valence-electron chi connectivity index (χ1n) is 8.46. The van der Waals surface area contributed by atoms with E-state index in [4.69, 9.17) is 16.3 Å². The number of aryl methyl sites for hydroxylation is 1. The molecule has 2 aromatic carbocycles. The van der Waals surface area contributed by atoms with E-state index in [-0.39, 0.29) is 0 Å². The molecular weight excluding hydrogens is 334 g/mol. The minimum absolute atomic E-state index is 0.735. The lowest BCUT2D eigenvalue weighted by molar-refractivity contribution is 0.122. The van der Waals surface area contributed by atoms with Gasteiger partial charge in [-0.15, -0.1) is 0 Å². The molecule has 1 fully saturated rings. The van der Waals surface area contributed by atoms with Gasteiger partial charge in [0.1, 0.15) is 0 Å². The van der Waals surface area contributed by atoms with E-state index in [2.05, 4.69) is 45.4 Å². The lowest BCUT2D eigenvalue weighted by atomic mass is 9.96. The van der Waals surface area contributed by atoms with Crippen molar-refractivity contribution >= 4 is 17.3 Å². The van der Waals surface area contributed by atoms with Gasteiger partial charge in [-0.05, 0) is 48.4 Å². The van der Waals surface area contributed by atoms with Crippen molar-refractivity contribution in [3.05, 3.63) is 59.2 Å². The normalized spacial score (nSPS) is 14.7. The Labute approximate surface area is 152 Å². The summed E-state index contributed by atoms with van der Waals surface area (Å²) in [7, 11) is 0. The summed E-state index contributed by atoms with van der Waals surface area (Å²) in [5, 5.41) is 8.26. The Morgan fingerprint density at radius 3 is 2.60 bits per heavy atom. The molecule has 1 aromatic heterocycles. The SMILES string of the molecule is Cc1cc(-c2cc(N3CCOCC3)ccc2-c2cccc(Cl)c2)n[nH]1. The second kappa shape index (κ2) is 6.90. The van der Waals surface area contributed by atoms with E-state index >= 15 is 0 Å². The number of rotatable bonds is 3. The summed E-state index contributed by atoms with van der Waals surface area (Å²) in [6.07, 6.45) is 0. The van der Waals surface area contributed by atoms with Gasteiger partial charge < -0.3 is 9.64 Å². The third kappa shape index (κ3) is 3.41. The lowest BCUT2D eigenvalue weighted by Gasteiger charge is -2.29. The van der Waals surface area contributed by atoms with Crippen molar-refractivity contribution in [1.82, 2.24) is 10.2 Å². The molecular formula is C20H20ClN3O. The number of nitrogens with zero attached hydrogens (tertiary/aromatic N) is 2. The molecule has 4 nitrogen and oxygen atoms in total. The second-order valence-corrected chi connectivity index (χ2v) is 6.71. The number of benzene rings is 2. The summed E-state index contributed by atoms with van der Waals surface area (Å²) in [6.45, 7) is 5.38. The van der Waals surface area contributed by atoms with Crippen molar-refractivity contribution in [3.8, 4) is 22.4 Å². The van der Waals surface area contributed by atoms with Crippen molar-refractivity contribution < 1.29 is 4.74 Å². The summed E-state index contributed by atoms with van der Waals surface area (Å²) in [4.78, 5) is 2.36. The van der Waals surface area contributed by atoms with Gasteiger partial charge in [-0.1, -0.05) is 29.8 Å². The molecule has 5 heteroatoms. The molecule has 0 aliphatic carbocycles. The number of hydrogen-bond acceptors (Lipinski definition) is 3. The Morgan fingerprint density at radius 1 is 1.04 bits per heavy atom. The van der Waals surface area contributed by atoms with Gasteiger partial charge in [0.05, 0.1) is 18.9 Å². The average molecular weight is 354 g/mol. The van der Waals surface area contributed by atoms with Crippen molar-refractivity contribution in [2.24, 2.45) is 0 Å². The fraction of sp³-hybridized carbons (Fsp3) is 0.250. The van der Waals surface area contributed by atoms with Crippen LogP contribution in [0.5, 0.6) is 0 Å². The van der Waals surface area contributed by atoms with Gasteiger partial charge in [0.25, 0.3) is 0 Å². The van der Waals surface area contributed by atoms with Gasteiger partial charge in [0, 0.05) is 35.1 Å². The third-order valence-corrected chi connectivity index (χ3v) is 4.73. The highest BCUT2D eigenvalue weighted by atomic mass is 35.5. The topological polar surface area (TPSA) is 41.1 Å². The van der Waals surface area contributed by atoms with Crippen molar-refractivity contribution in [3.63, 3.8) is 0 Å². The third-order valence-electron chi connectivity index (χ3n) is 4.50. The maximum Gasteiger partial charge on any atom is 0.0930 e. The van der Waals surface area contributed by atoms with E-state index in [0.717, 1.165) is 59.4 Å². The highest BCUT2D eigenvalue weighted by Crippen LogP contribution is 2.35. The molecule has 2 heterocycles. The van der Waals surface area contributed by atoms with Crippen LogP contribution in [-0.2, 0) is 4.74 Å². The van der Waals surface area contributed by atoms with Crippen LogP contribution >= 0.6 is 11.6 Å². The highest BCUT2D eigenvalue weighted by Gasteiger charge is 2.16. The molecule has 0 amide bonds. The molecule has 1 saturated heterocycles. The van der Waals surface area contributed by atoms with Gasteiger partial charge in [-0.3, -0.25) is 5.10 Å². The number of H-pyrrole nitrogens is 1. The summed E-state index contributed by atoms with van der Waals surface area (Å²) < 4.78 is 5.47. The predicted molar refractivity (Wildman–Crippen MR) is 102 cm³/mol.